The molecule has 0 spiro atoms. The molecule has 8 heteroatoms. The molecule has 0 radical (unpaired) electrons. The first-order chi connectivity index (χ1) is 13.7. The number of para-hydroxylation sites is 2. The maximum Gasteiger partial charge on any atom is 0.194 e. The molecule has 0 aliphatic carbocycles. The Morgan fingerprint density at radius 2 is 1.79 bits per heavy atom. The zero-order valence-electron chi connectivity index (χ0n) is 17.5. The molecule has 0 amide bonds. The maximum absolute atomic E-state index is 10.1. The number of halogens is 1. The molecule has 2 aliphatic heterocycles. The van der Waals surface area contributed by atoms with Gasteiger partial charge in [0.25, 0.3) is 0 Å². The van der Waals surface area contributed by atoms with Gasteiger partial charge >= 0.3 is 0 Å². The summed E-state index contributed by atoms with van der Waals surface area (Å²) in [5.74, 6) is 1.34. The highest BCUT2D eigenvalue weighted by atomic mass is 127. The van der Waals surface area contributed by atoms with Gasteiger partial charge in [0.2, 0.25) is 0 Å². The van der Waals surface area contributed by atoms with Crippen LogP contribution in [0.2, 0.25) is 0 Å². The number of benzene rings is 1. The van der Waals surface area contributed by atoms with Gasteiger partial charge in [0.05, 0.1) is 11.8 Å². The lowest BCUT2D eigenvalue weighted by Gasteiger charge is -2.38. The molecule has 2 fully saturated rings. The Bertz CT molecular complexity index is 629. The normalized spacial score (nSPS) is 19.2. The Morgan fingerprint density at radius 3 is 2.45 bits per heavy atom. The van der Waals surface area contributed by atoms with Gasteiger partial charge < -0.3 is 30.2 Å². The van der Waals surface area contributed by atoms with Crippen LogP contribution in [0.4, 0.5) is 5.69 Å². The molecule has 0 aromatic heterocycles. The number of nitrogens with one attached hydrogen (secondary N) is 1. The molecule has 0 bridgehead atoms. The van der Waals surface area contributed by atoms with Crippen molar-refractivity contribution < 1.29 is 10.2 Å². The van der Waals surface area contributed by atoms with Crippen LogP contribution < -0.4 is 10.2 Å². The number of hydrogen-bond acceptors (Lipinski definition) is 5. The van der Waals surface area contributed by atoms with Gasteiger partial charge in [-0.15, -0.1) is 24.0 Å². The van der Waals surface area contributed by atoms with E-state index < -0.39 is 0 Å². The summed E-state index contributed by atoms with van der Waals surface area (Å²) in [6, 6.07) is 7.55. The van der Waals surface area contributed by atoms with Gasteiger partial charge in [-0.1, -0.05) is 12.1 Å². The highest BCUT2D eigenvalue weighted by Gasteiger charge is 2.21. The lowest BCUT2D eigenvalue weighted by Crippen LogP contribution is -2.52. The van der Waals surface area contributed by atoms with Gasteiger partial charge in [-0.2, -0.15) is 0 Å². The number of rotatable bonds is 6. The average molecular weight is 517 g/mol. The summed E-state index contributed by atoms with van der Waals surface area (Å²) in [6.07, 6.45) is 2.73. The highest BCUT2D eigenvalue weighted by molar-refractivity contribution is 14.0. The first kappa shape index (κ1) is 24.0. The van der Waals surface area contributed by atoms with E-state index in [1.807, 2.05) is 18.2 Å². The van der Waals surface area contributed by atoms with Crippen LogP contribution >= 0.6 is 24.0 Å². The van der Waals surface area contributed by atoms with Gasteiger partial charge in [0, 0.05) is 52.4 Å². The minimum absolute atomic E-state index is 0. The van der Waals surface area contributed by atoms with E-state index in [9.17, 15) is 10.2 Å². The van der Waals surface area contributed by atoms with E-state index in [-0.39, 0.29) is 30.1 Å². The zero-order valence-corrected chi connectivity index (χ0v) is 19.8. The molecule has 0 atom stereocenters. The van der Waals surface area contributed by atoms with Crippen LogP contribution in [0.25, 0.3) is 0 Å². The van der Waals surface area contributed by atoms with E-state index in [0.29, 0.717) is 5.75 Å². The van der Waals surface area contributed by atoms with Crippen molar-refractivity contribution in [3.63, 3.8) is 0 Å². The quantitative estimate of drug-likeness (QED) is 0.232. The summed E-state index contributed by atoms with van der Waals surface area (Å²) < 4.78 is 0. The number of aromatic hydroxyl groups is 1. The minimum Gasteiger partial charge on any atom is -0.506 e. The summed E-state index contributed by atoms with van der Waals surface area (Å²) in [4.78, 5) is 11.8. The number of hydrogen-bond donors (Lipinski definition) is 3. The van der Waals surface area contributed by atoms with Crippen LogP contribution in [0.1, 0.15) is 26.2 Å². The van der Waals surface area contributed by atoms with Gasteiger partial charge in [0.15, 0.2) is 5.96 Å². The molecule has 1 aromatic rings. The van der Waals surface area contributed by atoms with E-state index in [1.54, 1.807) is 6.07 Å². The van der Waals surface area contributed by atoms with Crippen molar-refractivity contribution in [3.8, 4) is 5.75 Å². The monoisotopic (exact) mass is 517 g/mol. The Morgan fingerprint density at radius 1 is 1.10 bits per heavy atom. The lowest BCUT2D eigenvalue weighted by atomic mass is 10.1. The highest BCUT2D eigenvalue weighted by Crippen LogP contribution is 2.27. The molecule has 7 nitrogen and oxygen atoms in total. The number of aliphatic hydroxyl groups excluding tert-OH is 1. The number of guanidine groups is 1. The third-order valence-corrected chi connectivity index (χ3v) is 5.59. The van der Waals surface area contributed by atoms with Crippen LogP contribution in [0.15, 0.2) is 29.3 Å². The van der Waals surface area contributed by atoms with Crippen molar-refractivity contribution in [2.45, 2.75) is 32.3 Å². The number of nitrogens with zero attached hydrogens (tertiary/aromatic N) is 4. The van der Waals surface area contributed by atoms with Gasteiger partial charge in [-0.05, 0) is 44.9 Å². The molecule has 29 heavy (non-hydrogen) atoms. The summed E-state index contributed by atoms with van der Waals surface area (Å²) >= 11 is 0. The maximum atomic E-state index is 10.1. The molecule has 2 saturated heterocycles. The molecular weight excluding hydrogens is 481 g/mol. The molecule has 0 unspecified atom stereocenters. The topological polar surface area (TPSA) is 74.6 Å². The van der Waals surface area contributed by atoms with Crippen LogP contribution in [0.5, 0.6) is 5.75 Å². The summed E-state index contributed by atoms with van der Waals surface area (Å²) in [5.41, 5.74) is 0.913. The molecule has 2 aliphatic rings. The number of piperazine rings is 1. The van der Waals surface area contributed by atoms with E-state index in [1.165, 1.54) is 0 Å². The van der Waals surface area contributed by atoms with Crippen molar-refractivity contribution in [2.75, 3.05) is 63.8 Å². The summed E-state index contributed by atoms with van der Waals surface area (Å²) in [5, 5.41) is 23.1. The van der Waals surface area contributed by atoms with Crippen molar-refractivity contribution >= 4 is 35.6 Å². The van der Waals surface area contributed by atoms with Gasteiger partial charge in [0.1, 0.15) is 5.75 Å². The van der Waals surface area contributed by atoms with Crippen LogP contribution in [-0.2, 0) is 0 Å². The first-order valence-electron chi connectivity index (χ1n) is 10.6. The summed E-state index contributed by atoms with van der Waals surface area (Å²) in [7, 11) is 0. The van der Waals surface area contributed by atoms with E-state index >= 15 is 0 Å². The number of anilines is 1. The Labute approximate surface area is 191 Å². The Kier molecular flexibility index (Phi) is 10.3. The second-order valence-electron chi connectivity index (χ2n) is 7.62. The van der Waals surface area contributed by atoms with Gasteiger partial charge in [-0.3, -0.25) is 4.99 Å². The van der Waals surface area contributed by atoms with E-state index in [0.717, 1.165) is 89.8 Å². The number of phenols is 1. The number of aliphatic hydroxyl groups is 1. The second-order valence-corrected chi connectivity index (χ2v) is 7.62. The SMILES string of the molecule is CCNC(=NCCCN1CCC(O)CC1)N1CCN(c2ccccc2O)CC1.I. The van der Waals surface area contributed by atoms with Crippen molar-refractivity contribution in [1.82, 2.24) is 15.1 Å². The third kappa shape index (κ3) is 7.18. The van der Waals surface area contributed by atoms with Crippen molar-refractivity contribution in [3.05, 3.63) is 24.3 Å². The fourth-order valence-corrected chi connectivity index (χ4v) is 3.94. The standard InChI is InChI=1S/C21H35N5O2.HI/c1-2-22-21(23-10-5-11-24-12-8-18(27)9-13-24)26-16-14-25(15-17-26)19-6-3-4-7-20(19)28;/h3-4,6-7,18,27-28H,2,5,8-17H2,1H3,(H,22,23);1H. The summed E-state index contributed by atoms with van der Waals surface area (Å²) in [6.45, 7) is 10.4. The second kappa shape index (κ2) is 12.4. The largest absolute Gasteiger partial charge is 0.506 e. The fraction of sp³-hybridized carbons (Fsp3) is 0.667. The van der Waals surface area contributed by atoms with Gasteiger partial charge in [-0.25, -0.2) is 0 Å². The number of aliphatic imine (C=N–C) groups is 1. The molecule has 164 valence electrons. The lowest BCUT2D eigenvalue weighted by molar-refractivity contribution is 0.0824. The Balaban J connectivity index is 0.00000300. The van der Waals surface area contributed by atoms with E-state index in [2.05, 4.69) is 26.9 Å². The molecular formula is C21H36IN5O2. The minimum atomic E-state index is -0.105. The number of likely N-dealkylation sites (tertiary alicyclic amines) is 1. The Hall–Kier alpha value is -1.26. The third-order valence-electron chi connectivity index (χ3n) is 5.59. The van der Waals surface area contributed by atoms with Crippen LogP contribution in [0.3, 0.4) is 0 Å². The van der Waals surface area contributed by atoms with Crippen molar-refractivity contribution in [2.24, 2.45) is 4.99 Å². The molecule has 3 N–H and O–H groups in total. The molecule has 3 rings (SSSR count). The zero-order chi connectivity index (χ0) is 19.8. The van der Waals surface area contributed by atoms with Crippen LogP contribution in [-0.4, -0.2) is 91.0 Å². The molecule has 1 aromatic carbocycles. The average Bonchev–Trinajstić information content (AvgIpc) is 2.72. The molecule has 2 heterocycles. The first-order valence-corrected chi connectivity index (χ1v) is 10.6. The molecule has 0 saturated carbocycles. The van der Waals surface area contributed by atoms with E-state index in [4.69, 9.17) is 4.99 Å². The smallest absolute Gasteiger partial charge is 0.194 e. The van der Waals surface area contributed by atoms with Crippen molar-refractivity contribution in [1.29, 1.82) is 0 Å². The number of phenolic OH excluding ortho intramolecular Hbond substituents is 1. The van der Waals surface area contributed by atoms with Crippen LogP contribution in [0, 0.1) is 0 Å². The fourth-order valence-electron chi connectivity index (χ4n) is 3.94. The predicted octanol–water partition coefficient (Wildman–Crippen LogP) is 1.94. The number of piperidine rings is 1. The predicted molar refractivity (Wildman–Crippen MR) is 130 cm³/mol.